The van der Waals surface area contributed by atoms with Crippen LogP contribution in [-0.4, -0.2) is 27.3 Å². The van der Waals surface area contributed by atoms with E-state index in [4.69, 9.17) is 9.72 Å². The van der Waals surface area contributed by atoms with E-state index in [2.05, 4.69) is 24.3 Å². The first kappa shape index (κ1) is 24.4. The Morgan fingerprint density at radius 3 is 2.54 bits per heavy atom. The number of carbonyl (C=O) groups is 1. The number of hydrogen-bond donors (Lipinski definition) is 1. The molecule has 0 aliphatic carbocycles. The molecule has 35 heavy (non-hydrogen) atoms. The number of ether oxygens (including phenoxy) is 1. The summed E-state index contributed by atoms with van der Waals surface area (Å²) in [5.41, 5.74) is 5.84. The minimum Gasteiger partial charge on any atom is -0.478 e. The number of aromatic nitrogens is 3. The standard InChI is InChI=1S/C28H31FN4O2/c1-6-35-28-24(14-15-25(34)30-22-12-10-20(11-13-22)17(2)3)18(4)26-19(5)32-33(27(26)31-28)23-9-7-8-21(29)16-23/h7-13,16-17H,6,14-15H2,1-5H3,(H,30,34). The second-order valence-corrected chi connectivity index (χ2v) is 8.95. The smallest absolute Gasteiger partial charge is 0.224 e. The van der Waals surface area contributed by atoms with Crippen LogP contribution in [0.2, 0.25) is 0 Å². The number of hydrogen-bond acceptors (Lipinski definition) is 4. The molecule has 4 aromatic rings. The number of fused-ring (bicyclic) bond motifs is 1. The summed E-state index contributed by atoms with van der Waals surface area (Å²) < 4.78 is 21.4. The van der Waals surface area contributed by atoms with E-state index >= 15 is 0 Å². The van der Waals surface area contributed by atoms with Crippen molar-refractivity contribution in [1.82, 2.24) is 14.8 Å². The lowest BCUT2D eigenvalue weighted by atomic mass is 10.0. The van der Waals surface area contributed by atoms with Crippen molar-refractivity contribution in [3.63, 3.8) is 0 Å². The lowest BCUT2D eigenvalue weighted by molar-refractivity contribution is -0.116. The van der Waals surface area contributed by atoms with E-state index in [0.717, 1.165) is 27.9 Å². The van der Waals surface area contributed by atoms with Gasteiger partial charge in [0.25, 0.3) is 0 Å². The van der Waals surface area contributed by atoms with Gasteiger partial charge in [-0.25, -0.2) is 9.07 Å². The SMILES string of the molecule is CCOc1nc2c(c(C)nn2-c2cccc(F)c2)c(C)c1CCC(=O)Nc1ccc(C(C)C)cc1. The largest absolute Gasteiger partial charge is 0.478 e. The molecule has 0 aliphatic rings. The molecule has 2 heterocycles. The zero-order valence-electron chi connectivity index (χ0n) is 20.9. The first-order valence-corrected chi connectivity index (χ1v) is 12.0. The Bertz CT molecular complexity index is 1360. The number of nitrogens with zero attached hydrogens (tertiary/aromatic N) is 3. The van der Waals surface area contributed by atoms with E-state index in [1.807, 2.05) is 45.0 Å². The fraction of sp³-hybridized carbons (Fsp3) is 0.321. The molecular formula is C28H31FN4O2. The van der Waals surface area contributed by atoms with Gasteiger partial charge >= 0.3 is 0 Å². The van der Waals surface area contributed by atoms with Crippen molar-refractivity contribution in [3.05, 3.63) is 76.7 Å². The maximum Gasteiger partial charge on any atom is 0.224 e. The molecule has 0 radical (unpaired) electrons. The maximum absolute atomic E-state index is 13.9. The van der Waals surface area contributed by atoms with Gasteiger partial charge in [0.15, 0.2) is 5.65 Å². The van der Waals surface area contributed by atoms with E-state index in [1.54, 1.807) is 16.8 Å². The van der Waals surface area contributed by atoms with E-state index in [-0.39, 0.29) is 18.1 Å². The van der Waals surface area contributed by atoms with Crippen LogP contribution in [0.4, 0.5) is 10.1 Å². The molecule has 1 amide bonds. The topological polar surface area (TPSA) is 69.0 Å². The van der Waals surface area contributed by atoms with Crippen molar-refractivity contribution in [2.45, 2.75) is 53.4 Å². The van der Waals surface area contributed by atoms with Gasteiger partial charge in [-0.05, 0) is 74.6 Å². The van der Waals surface area contributed by atoms with Crippen molar-refractivity contribution in [1.29, 1.82) is 0 Å². The quantitative estimate of drug-likeness (QED) is 0.327. The van der Waals surface area contributed by atoms with Crippen LogP contribution in [-0.2, 0) is 11.2 Å². The number of pyridine rings is 1. The third-order valence-electron chi connectivity index (χ3n) is 6.13. The molecule has 182 valence electrons. The Morgan fingerprint density at radius 2 is 1.89 bits per heavy atom. The zero-order valence-corrected chi connectivity index (χ0v) is 20.9. The summed E-state index contributed by atoms with van der Waals surface area (Å²) in [6.07, 6.45) is 0.766. The predicted octanol–water partition coefficient (Wildman–Crippen LogP) is 6.27. The molecule has 0 spiro atoms. The minimum absolute atomic E-state index is 0.0728. The highest BCUT2D eigenvalue weighted by atomic mass is 19.1. The Morgan fingerprint density at radius 1 is 1.14 bits per heavy atom. The van der Waals surface area contributed by atoms with Gasteiger partial charge in [0.05, 0.1) is 18.0 Å². The van der Waals surface area contributed by atoms with Crippen LogP contribution >= 0.6 is 0 Å². The molecule has 7 heteroatoms. The van der Waals surface area contributed by atoms with Crippen molar-refractivity contribution < 1.29 is 13.9 Å². The van der Waals surface area contributed by atoms with Crippen LogP contribution in [0.25, 0.3) is 16.7 Å². The number of aryl methyl sites for hydroxylation is 2. The summed E-state index contributed by atoms with van der Waals surface area (Å²) in [5, 5.41) is 8.49. The average Bonchev–Trinajstić information content (AvgIpc) is 3.15. The van der Waals surface area contributed by atoms with Gasteiger partial charge in [-0.2, -0.15) is 10.1 Å². The van der Waals surface area contributed by atoms with Gasteiger partial charge in [-0.15, -0.1) is 0 Å². The van der Waals surface area contributed by atoms with Gasteiger partial charge in [0.2, 0.25) is 11.8 Å². The van der Waals surface area contributed by atoms with E-state index in [1.165, 1.54) is 17.7 Å². The summed E-state index contributed by atoms with van der Waals surface area (Å²) in [4.78, 5) is 17.5. The molecule has 2 aromatic carbocycles. The van der Waals surface area contributed by atoms with E-state index in [9.17, 15) is 9.18 Å². The van der Waals surface area contributed by atoms with E-state index in [0.29, 0.717) is 36.2 Å². The molecule has 0 saturated heterocycles. The number of benzene rings is 2. The number of amides is 1. The van der Waals surface area contributed by atoms with Crippen LogP contribution in [0.1, 0.15) is 55.5 Å². The number of carbonyl (C=O) groups excluding carboxylic acids is 1. The second-order valence-electron chi connectivity index (χ2n) is 8.95. The Balaban J connectivity index is 1.62. The third kappa shape index (κ3) is 5.19. The Labute approximate surface area is 205 Å². The molecule has 0 fully saturated rings. The van der Waals surface area contributed by atoms with Crippen LogP contribution in [0, 0.1) is 19.7 Å². The zero-order chi connectivity index (χ0) is 25.1. The lowest BCUT2D eigenvalue weighted by Crippen LogP contribution is -2.13. The molecule has 0 unspecified atom stereocenters. The highest BCUT2D eigenvalue weighted by Gasteiger charge is 2.21. The Kier molecular flexibility index (Phi) is 7.15. The monoisotopic (exact) mass is 474 g/mol. The summed E-state index contributed by atoms with van der Waals surface area (Å²) in [6, 6.07) is 14.2. The van der Waals surface area contributed by atoms with Crippen molar-refractivity contribution in [2.75, 3.05) is 11.9 Å². The molecule has 0 saturated carbocycles. The molecule has 0 atom stereocenters. The summed E-state index contributed by atoms with van der Waals surface area (Å²) in [5.74, 6) is 0.503. The highest BCUT2D eigenvalue weighted by Crippen LogP contribution is 2.32. The number of anilines is 1. The van der Waals surface area contributed by atoms with Crippen LogP contribution in [0.15, 0.2) is 48.5 Å². The number of rotatable bonds is 8. The van der Waals surface area contributed by atoms with Gasteiger partial charge in [-0.1, -0.05) is 32.0 Å². The molecule has 0 bridgehead atoms. The molecule has 0 aliphatic heterocycles. The van der Waals surface area contributed by atoms with Crippen molar-refractivity contribution >= 4 is 22.6 Å². The molecule has 2 aromatic heterocycles. The first-order chi connectivity index (χ1) is 16.8. The van der Waals surface area contributed by atoms with Gasteiger partial charge < -0.3 is 10.1 Å². The van der Waals surface area contributed by atoms with Gasteiger partial charge in [-0.3, -0.25) is 4.79 Å². The summed E-state index contributed by atoms with van der Waals surface area (Å²) in [7, 11) is 0. The van der Waals surface area contributed by atoms with Crippen molar-refractivity contribution in [2.24, 2.45) is 0 Å². The van der Waals surface area contributed by atoms with Crippen LogP contribution in [0.3, 0.4) is 0 Å². The van der Waals surface area contributed by atoms with Crippen LogP contribution in [0.5, 0.6) is 5.88 Å². The maximum atomic E-state index is 13.9. The molecule has 6 nitrogen and oxygen atoms in total. The summed E-state index contributed by atoms with van der Waals surface area (Å²) >= 11 is 0. The first-order valence-electron chi connectivity index (χ1n) is 12.0. The molecular weight excluding hydrogens is 443 g/mol. The number of halogens is 1. The number of nitrogens with one attached hydrogen (secondary N) is 1. The van der Waals surface area contributed by atoms with Crippen LogP contribution < -0.4 is 10.1 Å². The third-order valence-corrected chi connectivity index (χ3v) is 6.13. The lowest BCUT2D eigenvalue weighted by Gasteiger charge is -2.14. The summed E-state index contributed by atoms with van der Waals surface area (Å²) in [6.45, 7) is 10.5. The molecule has 4 rings (SSSR count). The Hall–Kier alpha value is -3.74. The minimum atomic E-state index is -0.341. The fourth-order valence-corrected chi connectivity index (χ4v) is 4.28. The van der Waals surface area contributed by atoms with Gasteiger partial charge in [0.1, 0.15) is 5.82 Å². The predicted molar refractivity (Wildman–Crippen MR) is 137 cm³/mol. The normalized spacial score (nSPS) is 11.3. The highest BCUT2D eigenvalue weighted by molar-refractivity contribution is 5.91. The van der Waals surface area contributed by atoms with E-state index < -0.39 is 0 Å². The average molecular weight is 475 g/mol. The molecule has 1 N–H and O–H groups in total. The fourth-order valence-electron chi connectivity index (χ4n) is 4.28. The van der Waals surface area contributed by atoms with Gasteiger partial charge in [0, 0.05) is 23.1 Å². The van der Waals surface area contributed by atoms with Crippen molar-refractivity contribution in [3.8, 4) is 11.6 Å². The second kappa shape index (κ2) is 10.3.